The number of carboxylic acid groups (broad SMARTS) is 1. The number of amides is 2. The molecular formula is C31H46N2O5S. The number of nitrogens with one attached hydrogen (secondary N) is 2. The van der Waals surface area contributed by atoms with E-state index in [4.69, 9.17) is 4.74 Å². The fourth-order valence-electron chi connectivity index (χ4n) is 3.53. The Kier molecular flexibility index (Phi) is 15.3. The Morgan fingerprint density at radius 2 is 1.51 bits per heavy atom. The first-order valence-electron chi connectivity index (χ1n) is 13.4. The van der Waals surface area contributed by atoms with Crippen molar-refractivity contribution in [2.45, 2.75) is 91.8 Å². The van der Waals surface area contributed by atoms with Crippen molar-refractivity contribution in [2.24, 2.45) is 0 Å². The summed E-state index contributed by atoms with van der Waals surface area (Å²) in [7, 11) is 0. The normalized spacial score (nSPS) is 13.7. The van der Waals surface area contributed by atoms with Gasteiger partial charge in [0.2, 0.25) is 5.91 Å². The minimum Gasteiger partial charge on any atom is -0.480 e. The standard InChI is InChI=1S/C31H46N2O5S/c1-22(2)13-11-14-23(3)15-12-16-24(4)19-20-39-21-26(29(35)36)32-28(34)27(25-17-9-8-10-18-25)33-30(37)38-31(5,6)7/h8-10,13,15,17-19,26-27H,11-12,14,16,20-21H2,1-7H3,(H,32,34)(H,33,37)(H,35,36). The Morgan fingerprint density at radius 1 is 0.923 bits per heavy atom. The first kappa shape index (κ1) is 34.0. The average Bonchev–Trinajstić information content (AvgIpc) is 2.83. The van der Waals surface area contributed by atoms with E-state index in [1.165, 1.54) is 28.5 Å². The van der Waals surface area contributed by atoms with Crippen LogP contribution in [0.2, 0.25) is 0 Å². The summed E-state index contributed by atoms with van der Waals surface area (Å²) in [5.74, 6) is -0.900. The maximum absolute atomic E-state index is 13.1. The van der Waals surface area contributed by atoms with Crippen LogP contribution in [0.4, 0.5) is 4.79 Å². The molecule has 0 fully saturated rings. The second-order valence-corrected chi connectivity index (χ2v) is 12.0. The minimum atomic E-state index is -1.13. The van der Waals surface area contributed by atoms with Gasteiger partial charge in [-0.05, 0) is 79.7 Å². The molecular weight excluding hydrogens is 512 g/mol. The number of alkyl carbamates (subject to hydrolysis) is 1. The Bertz CT molecular complexity index is 1020. The van der Waals surface area contributed by atoms with Crippen LogP contribution in [-0.2, 0) is 14.3 Å². The summed E-state index contributed by atoms with van der Waals surface area (Å²) in [6.07, 6.45) is 9.97. The molecule has 0 spiro atoms. The number of thioether (sulfide) groups is 1. The van der Waals surface area contributed by atoms with Gasteiger partial charge in [-0.2, -0.15) is 11.8 Å². The summed E-state index contributed by atoms with van der Waals surface area (Å²) < 4.78 is 5.30. The SMILES string of the molecule is CC(C)=CCCC(C)=CCCC(C)=CCSCC(NC(=O)C(NC(=O)OC(C)(C)C)c1ccccc1)C(=O)O. The maximum atomic E-state index is 13.1. The Morgan fingerprint density at radius 3 is 2.08 bits per heavy atom. The lowest BCUT2D eigenvalue weighted by atomic mass is 10.1. The summed E-state index contributed by atoms with van der Waals surface area (Å²) in [6.45, 7) is 13.6. The first-order valence-corrected chi connectivity index (χ1v) is 14.5. The molecule has 0 saturated carbocycles. The number of carbonyl (C=O) groups excluding carboxylic acids is 2. The number of ether oxygens (including phenoxy) is 1. The van der Waals surface area contributed by atoms with Crippen LogP contribution in [0.1, 0.15) is 85.8 Å². The summed E-state index contributed by atoms with van der Waals surface area (Å²) in [5.41, 5.74) is 3.77. The number of carboxylic acids is 1. The van der Waals surface area contributed by atoms with E-state index in [9.17, 15) is 19.5 Å². The topological polar surface area (TPSA) is 105 Å². The first-order chi connectivity index (χ1) is 18.3. The zero-order chi connectivity index (χ0) is 29.4. The molecule has 216 valence electrons. The van der Waals surface area contributed by atoms with E-state index >= 15 is 0 Å². The molecule has 1 aromatic rings. The van der Waals surface area contributed by atoms with Gasteiger partial charge in [-0.3, -0.25) is 4.79 Å². The van der Waals surface area contributed by atoms with Gasteiger partial charge in [0.15, 0.2) is 0 Å². The number of benzene rings is 1. The van der Waals surface area contributed by atoms with Crippen LogP contribution in [0, 0.1) is 0 Å². The van der Waals surface area contributed by atoms with Gasteiger partial charge in [-0.25, -0.2) is 9.59 Å². The molecule has 2 unspecified atom stereocenters. The number of hydrogen-bond acceptors (Lipinski definition) is 5. The van der Waals surface area contributed by atoms with Crippen molar-refractivity contribution >= 4 is 29.7 Å². The van der Waals surface area contributed by atoms with E-state index in [0.29, 0.717) is 11.3 Å². The molecule has 0 radical (unpaired) electrons. The van der Waals surface area contributed by atoms with Crippen LogP contribution in [-0.4, -0.2) is 46.2 Å². The molecule has 1 aromatic carbocycles. The fourth-order valence-corrected chi connectivity index (χ4v) is 4.53. The van der Waals surface area contributed by atoms with Crippen molar-refractivity contribution in [1.29, 1.82) is 0 Å². The monoisotopic (exact) mass is 558 g/mol. The van der Waals surface area contributed by atoms with Crippen molar-refractivity contribution in [2.75, 3.05) is 11.5 Å². The van der Waals surface area contributed by atoms with Gasteiger partial charge in [-0.1, -0.05) is 65.3 Å². The molecule has 8 heteroatoms. The third kappa shape index (κ3) is 15.9. The summed E-state index contributed by atoms with van der Waals surface area (Å²) >= 11 is 1.44. The largest absolute Gasteiger partial charge is 0.480 e. The molecule has 0 aliphatic carbocycles. The smallest absolute Gasteiger partial charge is 0.408 e. The Labute approximate surface area is 238 Å². The fraction of sp³-hybridized carbons (Fsp3) is 0.516. The van der Waals surface area contributed by atoms with Crippen molar-refractivity contribution < 1.29 is 24.2 Å². The van der Waals surface area contributed by atoms with Gasteiger partial charge in [-0.15, -0.1) is 0 Å². The van der Waals surface area contributed by atoms with E-state index in [1.54, 1.807) is 51.1 Å². The molecule has 0 aliphatic rings. The third-order valence-corrected chi connectivity index (χ3v) is 6.60. The highest BCUT2D eigenvalue weighted by atomic mass is 32.2. The van der Waals surface area contributed by atoms with Gasteiger partial charge < -0.3 is 20.5 Å². The van der Waals surface area contributed by atoms with E-state index in [2.05, 4.69) is 56.6 Å². The minimum absolute atomic E-state index is 0.197. The molecule has 2 amide bonds. The van der Waals surface area contributed by atoms with Crippen LogP contribution < -0.4 is 10.6 Å². The van der Waals surface area contributed by atoms with Crippen molar-refractivity contribution in [3.63, 3.8) is 0 Å². The molecule has 0 heterocycles. The molecule has 0 aromatic heterocycles. The predicted octanol–water partition coefficient (Wildman–Crippen LogP) is 6.97. The van der Waals surface area contributed by atoms with Crippen LogP contribution in [0.15, 0.2) is 65.3 Å². The highest BCUT2D eigenvalue weighted by molar-refractivity contribution is 7.99. The molecule has 1 rings (SSSR count). The summed E-state index contributed by atoms with van der Waals surface area (Å²) in [4.78, 5) is 37.4. The predicted molar refractivity (Wildman–Crippen MR) is 161 cm³/mol. The number of aliphatic carboxylic acids is 1. The van der Waals surface area contributed by atoms with Gasteiger partial charge in [0, 0.05) is 11.5 Å². The van der Waals surface area contributed by atoms with Gasteiger partial charge in [0.05, 0.1) is 0 Å². The van der Waals surface area contributed by atoms with Crippen molar-refractivity contribution in [1.82, 2.24) is 10.6 Å². The van der Waals surface area contributed by atoms with Gasteiger partial charge >= 0.3 is 12.1 Å². The van der Waals surface area contributed by atoms with E-state index < -0.39 is 35.7 Å². The molecule has 7 nitrogen and oxygen atoms in total. The number of rotatable bonds is 15. The molecule has 39 heavy (non-hydrogen) atoms. The summed E-state index contributed by atoms with van der Waals surface area (Å²) in [6, 6.07) is 6.48. The van der Waals surface area contributed by atoms with Gasteiger partial charge in [0.25, 0.3) is 0 Å². The van der Waals surface area contributed by atoms with Crippen LogP contribution >= 0.6 is 11.8 Å². The molecule has 3 N–H and O–H groups in total. The molecule has 2 atom stereocenters. The third-order valence-electron chi connectivity index (χ3n) is 5.63. The Hall–Kier alpha value is -3.00. The van der Waals surface area contributed by atoms with Crippen molar-refractivity contribution in [3.05, 3.63) is 70.8 Å². The van der Waals surface area contributed by atoms with E-state index in [1.807, 2.05) is 0 Å². The lowest BCUT2D eigenvalue weighted by Gasteiger charge is -2.24. The summed E-state index contributed by atoms with van der Waals surface area (Å²) in [5, 5.41) is 14.9. The molecule has 0 bridgehead atoms. The average molecular weight is 559 g/mol. The number of carbonyl (C=O) groups is 3. The maximum Gasteiger partial charge on any atom is 0.408 e. The van der Waals surface area contributed by atoms with E-state index in [0.717, 1.165) is 25.7 Å². The second kappa shape index (κ2) is 17.6. The molecule has 0 aliphatic heterocycles. The Balaban J connectivity index is 2.67. The lowest BCUT2D eigenvalue weighted by Crippen LogP contribution is -2.49. The van der Waals surface area contributed by atoms with E-state index in [-0.39, 0.29) is 5.75 Å². The lowest BCUT2D eigenvalue weighted by molar-refractivity contribution is -0.141. The van der Waals surface area contributed by atoms with Crippen LogP contribution in [0.25, 0.3) is 0 Å². The van der Waals surface area contributed by atoms with Crippen LogP contribution in [0.5, 0.6) is 0 Å². The van der Waals surface area contributed by atoms with Crippen LogP contribution in [0.3, 0.4) is 0 Å². The second-order valence-electron chi connectivity index (χ2n) is 10.9. The zero-order valence-corrected chi connectivity index (χ0v) is 25.3. The number of hydrogen-bond donors (Lipinski definition) is 3. The highest BCUT2D eigenvalue weighted by Gasteiger charge is 2.29. The highest BCUT2D eigenvalue weighted by Crippen LogP contribution is 2.17. The van der Waals surface area contributed by atoms with Gasteiger partial charge in [0.1, 0.15) is 17.7 Å². The van der Waals surface area contributed by atoms with Crippen molar-refractivity contribution in [3.8, 4) is 0 Å². The number of allylic oxidation sites excluding steroid dienone is 5. The quantitative estimate of drug-likeness (QED) is 0.159. The molecule has 0 saturated heterocycles. The zero-order valence-electron chi connectivity index (χ0n) is 24.5.